The Morgan fingerprint density at radius 2 is 1.94 bits per heavy atom. The summed E-state index contributed by atoms with van der Waals surface area (Å²) < 4.78 is 20.4. The van der Waals surface area contributed by atoms with Crippen LogP contribution in [0.4, 0.5) is 10.3 Å². The second-order valence-corrected chi connectivity index (χ2v) is 10.1. The van der Waals surface area contributed by atoms with Crippen molar-refractivity contribution < 1.29 is 19.0 Å². The van der Waals surface area contributed by atoms with E-state index >= 15 is 0 Å². The highest BCUT2D eigenvalue weighted by Gasteiger charge is 2.43. The third-order valence-corrected chi connectivity index (χ3v) is 7.59. The normalized spacial score (nSPS) is 23.6. The van der Waals surface area contributed by atoms with Gasteiger partial charge in [-0.15, -0.1) is 0 Å². The minimum absolute atomic E-state index is 0.0372. The van der Waals surface area contributed by atoms with Crippen LogP contribution in [0.5, 0.6) is 0 Å². The number of aromatic amines is 1. The Morgan fingerprint density at radius 1 is 1.17 bits per heavy atom. The lowest BCUT2D eigenvalue weighted by molar-refractivity contribution is 0.0148. The van der Waals surface area contributed by atoms with Crippen LogP contribution in [0.3, 0.4) is 0 Å². The molecule has 2 unspecified atom stereocenters. The number of ether oxygens (including phenoxy) is 1. The number of benzene rings is 1. The Morgan fingerprint density at radius 3 is 2.63 bits per heavy atom. The van der Waals surface area contributed by atoms with Gasteiger partial charge in [0.2, 0.25) is 5.95 Å². The standard InChI is InChI=1S/C27H29FN4O3/c1-15-9-24(26(33)34)31-27(30-15)32-19-7-8-20(32)12-21(11-19)35-14-23-22(13-29-25(23)16-5-6-16)17-3-2-4-18(28)10-17/h2-4,9-10,13,16,19-21,29H,5-8,11-12,14H2,1H3,(H,33,34). The molecule has 0 radical (unpaired) electrons. The van der Waals surface area contributed by atoms with Crippen LogP contribution >= 0.6 is 0 Å². The minimum atomic E-state index is -1.03. The van der Waals surface area contributed by atoms with E-state index in [2.05, 4.69) is 19.9 Å². The lowest BCUT2D eigenvalue weighted by atomic mass is 9.99. The quantitative estimate of drug-likeness (QED) is 0.486. The Labute approximate surface area is 203 Å². The molecule has 2 atom stereocenters. The molecule has 6 rings (SSSR count). The molecule has 182 valence electrons. The van der Waals surface area contributed by atoms with Gasteiger partial charge >= 0.3 is 5.97 Å². The zero-order chi connectivity index (χ0) is 24.1. The van der Waals surface area contributed by atoms with Crippen molar-refractivity contribution in [3.05, 3.63) is 65.0 Å². The number of nitrogens with one attached hydrogen (secondary N) is 1. The average Bonchev–Trinajstić information content (AvgIpc) is 3.53. The van der Waals surface area contributed by atoms with Crippen molar-refractivity contribution in [3.63, 3.8) is 0 Å². The van der Waals surface area contributed by atoms with Crippen molar-refractivity contribution >= 4 is 11.9 Å². The summed E-state index contributed by atoms with van der Waals surface area (Å²) in [6.07, 6.45) is 8.20. The average molecular weight is 477 g/mol. The highest BCUT2D eigenvalue weighted by atomic mass is 19.1. The van der Waals surface area contributed by atoms with Crippen LogP contribution in [0.2, 0.25) is 0 Å². The van der Waals surface area contributed by atoms with Crippen molar-refractivity contribution in [2.75, 3.05) is 4.90 Å². The van der Waals surface area contributed by atoms with E-state index in [0.717, 1.165) is 42.4 Å². The van der Waals surface area contributed by atoms with Gasteiger partial charge in [0.05, 0.1) is 12.7 Å². The van der Waals surface area contributed by atoms with E-state index in [1.807, 2.05) is 12.3 Å². The summed E-state index contributed by atoms with van der Waals surface area (Å²) in [6, 6.07) is 8.71. The predicted octanol–water partition coefficient (Wildman–Crippen LogP) is 5.21. The number of aromatic nitrogens is 3. The number of carbonyl (C=O) groups is 1. The molecular formula is C27H29FN4O3. The van der Waals surface area contributed by atoms with E-state index in [0.29, 0.717) is 24.2 Å². The maximum absolute atomic E-state index is 13.9. The van der Waals surface area contributed by atoms with Crippen molar-refractivity contribution in [2.24, 2.45) is 0 Å². The molecule has 3 aromatic rings. The van der Waals surface area contributed by atoms with Gasteiger partial charge in [-0.05, 0) is 75.1 Å². The second kappa shape index (κ2) is 8.75. The number of anilines is 1. The SMILES string of the molecule is Cc1cc(C(=O)O)nc(N2C3CCC2CC(OCc2c(-c4cccc(F)c4)c[nH]c2C2CC2)C3)n1. The maximum Gasteiger partial charge on any atom is 0.354 e. The number of carboxylic acid groups (broad SMARTS) is 1. The summed E-state index contributed by atoms with van der Waals surface area (Å²) in [6.45, 7) is 2.30. The smallest absolute Gasteiger partial charge is 0.354 e. The molecule has 0 amide bonds. The topological polar surface area (TPSA) is 91.3 Å². The molecule has 35 heavy (non-hydrogen) atoms. The highest BCUT2D eigenvalue weighted by Crippen LogP contribution is 2.44. The highest BCUT2D eigenvalue weighted by molar-refractivity contribution is 5.85. The first-order valence-corrected chi connectivity index (χ1v) is 12.4. The van der Waals surface area contributed by atoms with Crippen LogP contribution in [0.1, 0.15) is 71.9 Å². The second-order valence-electron chi connectivity index (χ2n) is 10.1. The summed E-state index contributed by atoms with van der Waals surface area (Å²) in [4.78, 5) is 26.0. The number of aromatic carboxylic acids is 1. The molecule has 2 aromatic heterocycles. The van der Waals surface area contributed by atoms with Crippen LogP contribution in [-0.4, -0.2) is 44.2 Å². The number of fused-ring (bicyclic) bond motifs is 2. The molecule has 2 N–H and O–H groups in total. The monoisotopic (exact) mass is 476 g/mol. The fourth-order valence-electron chi connectivity index (χ4n) is 5.84. The molecule has 3 fully saturated rings. The molecule has 0 spiro atoms. The van der Waals surface area contributed by atoms with E-state index < -0.39 is 5.97 Å². The Balaban J connectivity index is 1.19. The molecule has 2 bridgehead atoms. The van der Waals surface area contributed by atoms with Crippen molar-refractivity contribution in [2.45, 2.75) is 76.2 Å². The van der Waals surface area contributed by atoms with Gasteiger partial charge in [-0.3, -0.25) is 0 Å². The Kier molecular flexibility index (Phi) is 5.56. The first-order valence-electron chi connectivity index (χ1n) is 12.4. The fraction of sp³-hybridized carbons (Fsp3) is 0.444. The van der Waals surface area contributed by atoms with E-state index in [1.165, 1.54) is 30.7 Å². The lowest BCUT2D eigenvalue weighted by Crippen LogP contribution is -2.46. The summed E-state index contributed by atoms with van der Waals surface area (Å²) in [5, 5.41) is 9.42. The van der Waals surface area contributed by atoms with Gasteiger partial charge in [-0.2, -0.15) is 0 Å². The van der Waals surface area contributed by atoms with Crippen molar-refractivity contribution in [1.82, 2.24) is 15.0 Å². The Hall–Kier alpha value is -3.26. The van der Waals surface area contributed by atoms with E-state index in [1.54, 1.807) is 19.1 Å². The largest absolute Gasteiger partial charge is 0.477 e. The molecule has 1 aromatic carbocycles. The third-order valence-electron chi connectivity index (χ3n) is 7.59. The zero-order valence-electron chi connectivity index (χ0n) is 19.7. The molecule has 2 aliphatic heterocycles. The Bertz CT molecular complexity index is 1260. The number of H-pyrrole nitrogens is 1. The first kappa shape index (κ1) is 22.2. The van der Waals surface area contributed by atoms with E-state index in [9.17, 15) is 14.3 Å². The molecule has 1 saturated carbocycles. The lowest BCUT2D eigenvalue weighted by Gasteiger charge is -2.39. The number of hydrogen-bond donors (Lipinski definition) is 2. The fourth-order valence-corrected chi connectivity index (χ4v) is 5.84. The third kappa shape index (κ3) is 4.31. The number of rotatable bonds is 7. The minimum Gasteiger partial charge on any atom is -0.477 e. The van der Waals surface area contributed by atoms with Crippen molar-refractivity contribution in [3.8, 4) is 11.1 Å². The molecular weight excluding hydrogens is 447 g/mol. The molecule has 2 saturated heterocycles. The predicted molar refractivity (Wildman–Crippen MR) is 129 cm³/mol. The van der Waals surface area contributed by atoms with Crippen LogP contribution in [0, 0.1) is 12.7 Å². The molecule has 4 heterocycles. The van der Waals surface area contributed by atoms with E-state index in [4.69, 9.17) is 4.74 Å². The summed E-state index contributed by atoms with van der Waals surface area (Å²) in [5.74, 6) is -0.217. The van der Waals surface area contributed by atoms with Crippen LogP contribution in [0.25, 0.3) is 11.1 Å². The van der Waals surface area contributed by atoms with Crippen molar-refractivity contribution in [1.29, 1.82) is 0 Å². The van der Waals surface area contributed by atoms with Gasteiger partial charge in [0.25, 0.3) is 0 Å². The van der Waals surface area contributed by atoms with Gasteiger partial charge in [0.15, 0.2) is 5.69 Å². The van der Waals surface area contributed by atoms with Crippen LogP contribution in [0.15, 0.2) is 36.5 Å². The number of piperidine rings is 1. The zero-order valence-corrected chi connectivity index (χ0v) is 19.7. The number of nitrogens with zero attached hydrogens (tertiary/aromatic N) is 3. The summed E-state index contributed by atoms with van der Waals surface area (Å²) in [7, 11) is 0. The number of aryl methyl sites for hydroxylation is 1. The molecule has 3 aliphatic rings. The molecule has 1 aliphatic carbocycles. The molecule has 7 nitrogen and oxygen atoms in total. The summed E-state index contributed by atoms with van der Waals surface area (Å²) in [5.41, 5.74) is 4.94. The number of hydrogen-bond acceptors (Lipinski definition) is 5. The van der Waals surface area contributed by atoms with Crippen LogP contribution < -0.4 is 4.90 Å². The van der Waals surface area contributed by atoms with Gasteiger partial charge in [-0.1, -0.05) is 12.1 Å². The van der Waals surface area contributed by atoms with Gasteiger partial charge < -0.3 is 19.7 Å². The molecule has 8 heteroatoms. The van der Waals surface area contributed by atoms with Gasteiger partial charge in [0, 0.05) is 40.8 Å². The number of halogens is 1. The number of carboxylic acids is 1. The first-order chi connectivity index (χ1) is 17.0. The van der Waals surface area contributed by atoms with Gasteiger partial charge in [-0.25, -0.2) is 19.2 Å². The van der Waals surface area contributed by atoms with Crippen LogP contribution in [-0.2, 0) is 11.3 Å². The van der Waals surface area contributed by atoms with Gasteiger partial charge in [0.1, 0.15) is 5.82 Å². The van der Waals surface area contributed by atoms with E-state index in [-0.39, 0.29) is 29.7 Å². The maximum atomic E-state index is 13.9. The summed E-state index contributed by atoms with van der Waals surface area (Å²) >= 11 is 0.